The van der Waals surface area contributed by atoms with Gasteiger partial charge < -0.3 is 19.0 Å². The number of para-hydroxylation sites is 3. The van der Waals surface area contributed by atoms with Crippen LogP contribution < -0.4 is 14.5 Å². The summed E-state index contributed by atoms with van der Waals surface area (Å²) in [5, 5.41) is 2.20. The van der Waals surface area contributed by atoms with Crippen LogP contribution in [0, 0.1) is 0 Å². The van der Waals surface area contributed by atoms with Crippen LogP contribution in [0.1, 0.15) is 0 Å². The van der Waals surface area contributed by atoms with Crippen LogP contribution in [0.5, 0.6) is 11.5 Å². The summed E-state index contributed by atoms with van der Waals surface area (Å²) >= 11 is 0. The molecule has 3 heterocycles. The van der Waals surface area contributed by atoms with E-state index in [9.17, 15) is 0 Å². The zero-order valence-corrected chi connectivity index (χ0v) is 24.7. The molecule has 0 atom stereocenters. The van der Waals surface area contributed by atoms with E-state index in [1.54, 1.807) is 0 Å². The van der Waals surface area contributed by atoms with Gasteiger partial charge >= 0.3 is 0 Å². The van der Waals surface area contributed by atoms with E-state index in [4.69, 9.17) is 14.1 Å². The lowest BCUT2D eigenvalue weighted by Gasteiger charge is -2.27. The van der Waals surface area contributed by atoms with E-state index in [-0.39, 0.29) is 0 Å². The van der Waals surface area contributed by atoms with Crippen molar-refractivity contribution in [3.63, 3.8) is 0 Å². The standard InChI is InChI=1S/C39H30N4O2/c1-41-23-24-42(27-41)28-11-8-13-30(25-28)44-31-14-9-12-29(26-31)43(38-21-6-7-22-40-38)36-19-4-2-15-32(36)34-17-10-18-35-33-16-3-5-20-37(33)45-39(34)35/h2-26H,27H2,1H3. The molecule has 0 radical (unpaired) electrons. The molecule has 0 bridgehead atoms. The molecule has 1 aliphatic rings. The molecule has 218 valence electrons. The molecule has 0 spiro atoms. The summed E-state index contributed by atoms with van der Waals surface area (Å²) in [4.78, 5) is 11.3. The van der Waals surface area contributed by atoms with Crippen LogP contribution in [0.4, 0.5) is 22.9 Å². The summed E-state index contributed by atoms with van der Waals surface area (Å²) in [6.07, 6.45) is 5.96. The minimum Gasteiger partial charge on any atom is -0.457 e. The van der Waals surface area contributed by atoms with Gasteiger partial charge in [-0.15, -0.1) is 0 Å². The second-order valence-electron chi connectivity index (χ2n) is 11.1. The third kappa shape index (κ3) is 5.02. The van der Waals surface area contributed by atoms with Crippen LogP contribution in [0.25, 0.3) is 33.1 Å². The molecule has 5 aromatic carbocycles. The average Bonchev–Trinajstić information content (AvgIpc) is 3.70. The van der Waals surface area contributed by atoms with Crippen molar-refractivity contribution in [1.29, 1.82) is 0 Å². The number of pyridine rings is 1. The lowest BCUT2D eigenvalue weighted by atomic mass is 9.99. The second-order valence-corrected chi connectivity index (χ2v) is 11.1. The highest BCUT2D eigenvalue weighted by Gasteiger charge is 2.21. The van der Waals surface area contributed by atoms with Gasteiger partial charge in [0, 0.05) is 65.4 Å². The van der Waals surface area contributed by atoms with E-state index in [0.29, 0.717) is 0 Å². The van der Waals surface area contributed by atoms with Gasteiger partial charge in [-0.3, -0.25) is 4.90 Å². The predicted octanol–water partition coefficient (Wildman–Crippen LogP) is 10.1. The predicted molar refractivity (Wildman–Crippen MR) is 182 cm³/mol. The summed E-state index contributed by atoms with van der Waals surface area (Å²) in [6, 6.07) is 45.2. The van der Waals surface area contributed by atoms with Crippen molar-refractivity contribution in [1.82, 2.24) is 9.88 Å². The van der Waals surface area contributed by atoms with Crippen LogP contribution in [0.2, 0.25) is 0 Å². The Hall–Kier alpha value is -6.01. The van der Waals surface area contributed by atoms with E-state index >= 15 is 0 Å². The molecule has 0 saturated heterocycles. The van der Waals surface area contributed by atoms with Gasteiger partial charge in [0.25, 0.3) is 0 Å². The van der Waals surface area contributed by atoms with Crippen LogP contribution in [-0.2, 0) is 0 Å². The Bertz CT molecular complexity index is 2170. The number of aromatic nitrogens is 1. The number of benzene rings is 5. The van der Waals surface area contributed by atoms with Gasteiger partial charge in [-0.2, -0.15) is 0 Å². The average molecular weight is 587 g/mol. The zero-order chi connectivity index (χ0) is 30.2. The minimum absolute atomic E-state index is 0.733. The second kappa shape index (κ2) is 11.2. The van der Waals surface area contributed by atoms with Crippen LogP contribution in [-0.4, -0.2) is 23.6 Å². The van der Waals surface area contributed by atoms with Crippen molar-refractivity contribution in [2.24, 2.45) is 0 Å². The molecule has 2 aromatic heterocycles. The van der Waals surface area contributed by atoms with E-state index in [1.165, 1.54) is 0 Å². The first kappa shape index (κ1) is 26.6. The van der Waals surface area contributed by atoms with E-state index in [2.05, 4.69) is 107 Å². The number of ether oxygens (including phenoxy) is 1. The number of anilines is 4. The molecular weight excluding hydrogens is 556 g/mol. The Morgan fingerprint density at radius 1 is 0.689 bits per heavy atom. The summed E-state index contributed by atoms with van der Waals surface area (Å²) in [5.74, 6) is 2.30. The molecule has 0 unspecified atom stereocenters. The molecule has 0 fully saturated rings. The van der Waals surface area contributed by atoms with Crippen molar-refractivity contribution in [2.45, 2.75) is 0 Å². The van der Waals surface area contributed by atoms with Crippen molar-refractivity contribution in [3.05, 3.63) is 152 Å². The van der Waals surface area contributed by atoms with Gasteiger partial charge in [-0.25, -0.2) is 4.98 Å². The highest BCUT2D eigenvalue weighted by molar-refractivity contribution is 6.10. The Labute approximate surface area is 261 Å². The normalized spacial score (nSPS) is 12.7. The molecule has 0 N–H and O–H groups in total. The molecule has 0 aliphatic carbocycles. The van der Waals surface area contributed by atoms with Crippen LogP contribution >= 0.6 is 0 Å². The summed E-state index contributed by atoms with van der Waals surface area (Å²) in [7, 11) is 2.06. The summed E-state index contributed by atoms with van der Waals surface area (Å²) in [5.41, 5.74) is 6.78. The van der Waals surface area contributed by atoms with E-state index in [0.717, 1.165) is 74.1 Å². The van der Waals surface area contributed by atoms with Gasteiger partial charge in [0.2, 0.25) is 0 Å². The van der Waals surface area contributed by atoms with Crippen LogP contribution in [0.15, 0.2) is 156 Å². The van der Waals surface area contributed by atoms with Gasteiger partial charge in [0.05, 0.1) is 18.0 Å². The van der Waals surface area contributed by atoms with Crippen molar-refractivity contribution in [3.8, 4) is 22.6 Å². The lowest BCUT2D eigenvalue weighted by molar-refractivity contribution is 0.481. The first-order chi connectivity index (χ1) is 22.2. The number of fused-ring (bicyclic) bond motifs is 3. The fourth-order valence-electron chi connectivity index (χ4n) is 5.98. The smallest absolute Gasteiger partial charge is 0.143 e. The summed E-state index contributed by atoms with van der Waals surface area (Å²) in [6.45, 7) is 0.805. The highest BCUT2D eigenvalue weighted by Crippen LogP contribution is 2.44. The molecule has 0 saturated carbocycles. The van der Waals surface area contributed by atoms with E-state index < -0.39 is 0 Å². The topological polar surface area (TPSA) is 45.0 Å². The quantitative estimate of drug-likeness (QED) is 0.185. The Kier molecular flexibility index (Phi) is 6.65. The molecular formula is C39H30N4O2. The molecule has 6 nitrogen and oxygen atoms in total. The number of hydrogen-bond acceptors (Lipinski definition) is 6. The Morgan fingerprint density at radius 2 is 1.44 bits per heavy atom. The third-order valence-corrected chi connectivity index (χ3v) is 8.06. The van der Waals surface area contributed by atoms with Gasteiger partial charge in [0.15, 0.2) is 0 Å². The number of rotatable bonds is 7. The van der Waals surface area contributed by atoms with Crippen molar-refractivity contribution >= 4 is 44.8 Å². The monoisotopic (exact) mass is 586 g/mol. The van der Waals surface area contributed by atoms with Gasteiger partial charge in [0.1, 0.15) is 28.5 Å². The maximum Gasteiger partial charge on any atom is 0.143 e. The first-order valence-corrected chi connectivity index (χ1v) is 15.0. The van der Waals surface area contributed by atoms with Gasteiger partial charge in [-0.1, -0.05) is 72.8 Å². The van der Waals surface area contributed by atoms with Crippen molar-refractivity contribution < 1.29 is 9.15 Å². The van der Waals surface area contributed by atoms with Gasteiger partial charge in [-0.05, 0) is 48.5 Å². The summed E-state index contributed by atoms with van der Waals surface area (Å²) < 4.78 is 12.9. The molecule has 1 aliphatic heterocycles. The molecule has 8 rings (SSSR count). The number of nitrogens with zero attached hydrogens (tertiary/aromatic N) is 4. The molecule has 7 aromatic rings. The molecule has 0 amide bonds. The minimum atomic E-state index is 0.733. The zero-order valence-electron chi connectivity index (χ0n) is 24.7. The maximum atomic E-state index is 6.46. The van der Waals surface area contributed by atoms with Crippen LogP contribution in [0.3, 0.4) is 0 Å². The first-order valence-electron chi connectivity index (χ1n) is 15.0. The third-order valence-electron chi connectivity index (χ3n) is 8.06. The number of hydrogen-bond donors (Lipinski definition) is 0. The molecule has 6 heteroatoms. The van der Waals surface area contributed by atoms with Crippen molar-refractivity contribution in [2.75, 3.05) is 23.5 Å². The maximum absolute atomic E-state index is 6.46. The highest BCUT2D eigenvalue weighted by atomic mass is 16.5. The SMILES string of the molecule is CN1C=CN(c2cccc(Oc3cccc(N(c4ccccn4)c4ccccc4-c4cccc5c4oc4ccccc45)c3)c2)C1. The van der Waals surface area contributed by atoms with E-state index in [1.807, 2.05) is 66.9 Å². The Balaban J connectivity index is 1.22. The Morgan fingerprint density at radius 3 is 2.31 bits per heavy atom. The largest absolute Gasteiger partial charge is 0.457 e. The number of furan rings is 1. The lowest BCUT2D eigenvalue weighted by Crippen LogP contribution is -2.21. The fraction of sp³-hybridized carbons (Fsp3) is 0.0513. The fourth-order valence-corrected chi connectivity index (χ4v) is 5.98. The molecule has 45 heavy (non-hydrogen) atoms.